The Labute approximate surface area is 98.2 Å². The normalized spacial score (nSPS) is 11.3. The van der Waals surface area contributed by atoms with Gasteiger partial charge in [0.1, 0.15) is 11.6 Å². The van der Waals surface area contributed by atoms with Crippen LogP contribution in [0.4, 0.5) is 10.2 Å². The number of pyridine rings is 1. The summed E-state index contributed by atoms with van der Waals surface area (Å²) in [5.41, 5.74) is 6.93. The summed E-state index contributed by atoms with van der Waals surface area (Å²) >= 11 is 5.83. The summed E-state index contributed by atoms with van der Waals surface area (Å²) in [5, 5.41) is 1.02. The monoisotopic (exact) mass is 238 g/mol. The predicted octanol–water partition coefficient (Wildman–Crippen LogP) is 3.73. The fraction of sp³-hybridized carbons (Fsp3) is 0.250. The van der Waals surface area contributed by atoms with E-state index in [1.807, 2.05) is 13.8 Å². The van der Waals surface area contributed by atoms with E-state index >= 15 is 0 Å². The average Bonchev–Trinajstić information content (AvgIpc) is 2.19. The van der Waals surface area contributed by atoms with Crippen molar-refractivity contribution in [2.45, 2.75) is 19.8 Å². The molecule has 0 saturated carbocycles. The molecule has 0 atom stereocenters. The van der Waals surface area contributed by atoms with Gasteiger partial charge >= 0.3 is 0 Å². The van der Waals surface area contributed by atoms with Crippen LogP contribution in [-0.4, -0.2) is 4.98 Å². The van der Waals surface area contributed by atoms with Gasteiger partial charge in [-0.3, -0.25) is 0 Å². The van der Waals surface area contributed by atoms with Crippen LogP contribution in [0, 0.1) is 5.82 Å². The molecule has 0 aliphatic rings. The second kappa shape index (κ2) is 3.91. The topological polar surface area (TPSA) is 38.9 Å². The molecular formula is C12H12ClFN2. The summed E-state index contributed by atoms with van der Waals surface area (Å²) in [6, 6.07) is 4.80. The minimum Gasteiger partial charge on any atom is -0.382 e. The van der Waals surface area contributed by atoms with Gasteiger partial charge in [0.05, 0.1) is 10.5 Å². The maximum Gasteiger partial charge on any atom is 0.142 e. The number of fused-ring (bicyclic) bond motifs is 1. The Morgan fingerprint density at radius 1 is 1.31 bits per heavy atom. The maximum atomic E-state index is 13.7. The molecular weight excluding hydrogens is 227 g/mol. The third kappa shape index (κ3) is 1.83. The summed E-state index contributed by atoms with van der Waals surface area (Å²) in [5.74, 6) is 0.156. The van der Waals surface area contributed by atoms with Crippen molar-refractivity contribution in [1.82, 2.24) is 4.98 Å². The van der Waals surface area contributed by atoms with Gasteiger partial charge < -0.3 is 5.73 Å². The molecule has 1 aromatic carbocycles. The lowest BCUT2D eigenvalue weighted by atomic mass is 10.0. The molecule has 0 unspecified atom stereocenters. The van der Waals surface area contributed by atoms with Gasteiger partial charge in [0.2, 0.25) is 0 Å². The number of anilines is 1. The number of nitrogens with zero attached hydrogens (tertiary/aromatic N) is 1. The fourth-order valence-electron chi connectivity index (χ4n) is 1.64. The van der Waals surface area contributed by atoms with E-state index in [1.54, 1.807) is 12.1 Å². The molecule has 1 heterocycles. The van der Waals surface area contributed by atoms with E-state index in [2.05, 4.69) is 4.98 Å². The Balaban J connectivity index is 2.74. The van der Waals surface area contributed by atoms with Gasteiger partial charge in [0.25, 0.3) is 0 Å². The van der Waals surface area contributed by atoms with Crippen molar-refractivity contribution >= 4 is 28.3 Å². The van der Waals surface area contributed by atoms with Crippen LogP contribution in [0.5, 0.6) is 0 Å². The number of hydrogen-bond donors (Lipinski definition) is 1. The lowest BCUT2D eigenvalue weighted by Gasteiger charge is -2.09. The van der Waals surface area contributed by atoms with Gasteiger partial charge in [-0.25, -0.2) is 9.37 Å². The molecule has 0 aliphatic heterocycles. The number of rotatable bonds is 1. The highest BCUT2D eigenvalue weighted by Crippen LogP contribution is 2.27. The van der Waals surface area contributed by atoms with E-state index in [0.717, 1.165) is 0 Å². The van der Waals surface area contributed by atoms with E-state index in [-0.39, 0.29) is 17.6 Å². The largest absolute Gasteiger partial charge is 0.382 e. The molecule has 0 spiro atoms. The van der Waals surface area contributed by atoms with Crippen LogP contribution >= 0.6 is 11.6 Å². The molecule has 0 radical (unpaired) electrons. The number of benzene rings is 1. The third-order valence-corrected chi connectivity index (χ3v) is 2.84. The predicted molar refractivity (Wildman–Crippen MR) is 65.2 cm³/mol. The number of nitrogens with two attached hydrogens (primary N) is 1. The summed E-state index contributed by atoms with van der Waals surface area (Å²) in [7, 11) is 0. The molecule has 0 amide bonds. The quantitative estimate of drug-likeness (QED) is 0.822. The second-order valence-corrected chi connectivity index (χ2v) is 4.48. The van der Waals surface area contributed by atoms with Crippen molar-refractivity contribution < 1.29 is 4.39 Å². The third-order valence-electron chi connectivity index (χ3n) is 2.54. The molecule has 0 bridgehead atoms. The van der Waals surface area contributed by atoms with Crippen LogP contribution in [0.25, 0.3) is 10.9 Å². The molecule has 2 N–H and O–H groups in total. The summed E-state index contributed by atoms with van der Waals surface area (Å²) in [6.45, 7) is 3.87. The SMILES string of the molecule is CC(C)c1cc2nc(N)c(Cl)cc2cc1F. The zero-order valence-electron chi connectivity index (χ0n) is 9.09. The first kappa shape index (κ1) is 11.1. The van der Waals surface area contributed by atoms with Crippen LogP contribution in [0.3, 0.4) is 0 Å². The first-order chi connectivity index (χ1) is 7.49. The minimum absolute atomic E-state index is 0.114. The standard InChI is InChI=1S/C12H12ClFN2/c1-6(2)8-5-11-7(4-10(8)14)3-9(13)12(15)16-11/h3-6H,1-2H3,(H2,15,16). The van der Waals surface area contributed by atoms with Gasteiger partial charge in [0.15, 0.2) is 0 Å². The minimum atomic E-state index is -0.231. The molecule has 0 saturated heterocycles. The van der Waals surface area contributed by atoms with Crippen molar-refractivity contribution in [2.75, 3.05) is 5.73 Å². The molecule has 16 heavy (non-hydrogen) atoms. The van der Waals surface area contributed by atoms with Crippen LogP contribution in [0.2, 0.25) is 5.02 Å². The van der Waals surface area contributed by atoms with Gasteiger partial charge in [-0.05, 0) is 29.7 Å². The highest BCUT2D eigenvalue weighted by molar-refractivity contribution is 6.33. The fourth-order valence-corrected chi connectivity index (χ4v) is 1.80. The molecule has 2 rings (SSSR count). The van der Waals surface area contributed by atoms with Crippen molar-refractivity contribution in [3.05, 3.63) is 34.6 Å². The summed E-state index contributed by atoms with van der Waals surface area (Å²) in [6.07, 6.45) is 0. The lowest BCUT2D eigenvalue weighted by molar-refractivity contribution is 0.600. The van der Waals surface area contributed by atoms with Gasteiger partial charge in [-0.2, -0.15) is 0 Å². The summed E-state index contributed by atoms with van der Waals surface area (Å²) in [4.78, 5) is 4.14. The van der Waals surface area contributed by atoms with Crippen molar-refractivity contribution in [2.24, 2.45) is 0 Å². The Morgan fingerprint density at radius 2 is 2.00 bits per heavy atom. The van der Waals surface area contributed by atoms with Crippen molar-refractivity contribution in [3.8, 4) is 0 Å². The number of hydrogen-bond acceptors (Lipinski definition) is 2. The lowest BCUT2D eigenvalue weighted by Crippen LogP contribution is -1.97. The first-order valence-corrected chi connectivity index (χ1v) is 5.42. The highest BCUT2D eigenvalue weighted by atomic mass is 35.5. The van der Waals surface area contributed by atoms with Gasteiger partial charge in [-0.1, -0.05) is 25.4 Å². The summed E-state index contributed by atoms with van der Waals surface area (Å²) < 4.78 is 13.7. The van der Waals surface area contributed by atoms with Crippen LogP contribution in [0.1, 0.15) is 25.3 Å². The molecule has 0 aliphatic carbocycles. The van der Waals surface area contributed by atoms with Crippen molar-refractivity contribution in [3.63, 3.8) is 0 Å². The van der Waals surface area contributed by atoms with E-state index in [1.165, 1.54) is 6.07 Å². The zero-order valence-corrected chi connectivity index (χ0v) is 9.85. The number of nitrogen functional groups attached to an aromatic ring is 1. The molecule has 4 heteroatoms. The Hall–Kier alpha value is -1.35. The van der Waals surface area contributed by atoms with Crippen molar-refractivity contribution in [1.29, 1.82) is 0 Å². The zero-order chi connectivity index (χ0) is 11.9. The Kier molecular flexibility index (Phi) is 2.72. The molecule has 2 aromatic rings. The van der Waals surface area contributed by atoms with E-state index in [4.69, 9.17) is 17.3 Å². The Bertz CT molecular complexity index is 552. The maximum absolute atomic E-state index is 13.7. The molecule has 2 nitrogen and oxygen atoms in total. The second-order valence-electron chi connectivity index (χ2n) is 4.08. The van der Waals surface area contributed by atoms with Gasteiger partial charge in [0, 0.05) is 5.39 Å². The Morgan fingerprint density at radius 3 is 2.62 bits per heavy atom. The highest BCUT2D eigenvalue weighted by Gasteiger charge is 2.10. The molecule has 0 fully saturated rings. The molecule has 84 valence electrons. The van der Waals surface area contributed by atoms with E-state index in [0.29, 0.717) is 21.5 Å². The van der Waals surface area contributed by atoms with Gasteiger partial charge in [-0.15, -0.1) is 0 Å². The van der Waals surface area contributed by atoms with E-state index < -0.39 is 0 Å². The molecule has 1 aromatic heterocycles. The van der Waals surface area contributed by atoms with Crippen LogP contribution in [0.15, 0.2) is 18.2 Å². The number of halogens is 2. The smallest absolute Gasteiger partial charge is 0.142 e. The average molecular weight is 239 g/mol. The first-order valence-electron chi connectivity index (χ1n) is 5.04. The van der Waals surface area contributed by atoms with E-state index in [9.17, 15) is 4.39 Å². The number of aromatic nitrogens is 1. The van der Waals surface area contributed by atoms with Crippen LogP contribution < -0.4 is 5.73 Å². The van der Waals surface area contributed by atoms with Crippen LogP contribution in [-0.2, 0) is 0 Å².